The van der Waals surface area contributed by atoms with Crippen molar-refractivity contribution in [2.24, 2.45) is 11.8 Å². The van der Waals surface area contributed by atoms with Crippen LogP contribution in [0, 0.1) is 24.6 Å². The van der Waals surface area contributed by atoms with Gasteiger partial charge in [0.05, 0.1) is 276 Å². The topological polar surface area (TPSA) is 518 Å². The van der Waals surface area contributed by atoms with Crippen molar-refractivity contribution in [1.82, 2.24) is 52.1 Å². The molecule has 10 amide bonds. The molecule has 5 aromatic rings. The number of amides is 10. The number of rotatable bonds is 74. The molecule has 3 aromatic carbocycles. The van der Waals surface area contributed by atoms with Gasteiger partial charge in [-0.25, -0.2) is 19.1 Å². The Morgan fingerprint density at radius 2 is 1.01 bits per heavy atom. The number of methoxy groups -OCH3 is 2. The van der Waals surface area contributed by atoms with Gasteiger partial charge in [-0.2, -0.15) is 0 Å². The first-order valence-corrected chi connectivity index (χ1v) is 47.8. The number of carbonyl (C=O) groups excluding carboxylic acids is 11. The molecular formula is C97H132FN11O32. The van der Waals surface area contributed by atoms with Crippen LogP contribution >= 0.6 is 0 Å². The van der Waals surface area contributed by atoms with Crippen LogP contribution in [0.1, 0.15) is 117 Å². The van der Waals surface area contributed by atoms with Gasteiger partial charge in [-0.05, 0) is 97.7 Å². The van der Waals surface area contributed by atoms with Crippen LogP contribution in [-0.2, 0) is 160 Å². The van der Waals surface area contributed by atoms with Gasteiger partial charge in [0.1, 0.15) is 37.1 Å². The van der Waals surface area contributed by atoms with Gasteiger partial charge in [-0.1, -0.05) is 43.2 Å². The second-order valence-corrected chi connectivity index (χ2v) is 33.7. The highest BCUT2D eigenvalue weighted by molar-refractivity contribution is 6.28. The minimum atomic E-state index is -2.05. The molecule has 141 heavy (non-hydrogen) atoms. The van der Waals surface area contributed by atoms with Gasteiger partial charge in [0.2, 0.25) is 35.4 Å². The lowest BCUT2D eigenvalue weighted by Gasteiger charge is -2.32. The number of cyclic esters (lactones) is 1. The Morgan fingerprint density at radius 3 is 1.52 bits per heavy atom. The smallest absolute Gasteiger partial charge is 0.343 e. The summed E-state index contributed by atoms with van der Waals surface area (Å²) in [6.45, 7) is 9.18. The molecule has 9 N–H and O–H groups in total. The van der Waals surface area contributed by atoms with Gasteiger partial charge in [0.25, 0.3) is 29.2 Å². The zero-order valence-corrected chi connectivity index (χ0v) is 80.2. The van der Waals surface area contributed by atoms with Gasteiger partial charge >= 0.3 is 5.97 Å². The molecule has 2 fully saturated rings. The Morgan fingerprint density at radius 1 is 0.532 bits per heavy atom. The van der Waals surface area contributed by atoms with Crippen LogP contribution in [0.15, 0.2) is 71.5 Å². The highest BCUT2D eigenvalue weighted by Gasteiger charge is 2.50. The number of aryl methyl sites for hydroxylation is 1. The molecule has 0 spiro atoms. The SMILES string of the molecule is COCCOCCOCCOCCOCCOCCOCCOCCNC(=O)c1cc(N2C(=O)C=CC2=O)cc(C(=O)NCCOCCOCCOCCOCCOCCOCCOCCOC)c1OCCCC(=O)NCC(=O)NCC(=O)N[C@@H](Cc1ccccc1)C(=O)NCC(=O)NCO[C@@H](C(=O)N[C@H]1CCc2c(C)c(F)cc3nc4c(c1c23)Cn1c-4cc2c(c1=O)COC(=O)[C@]2(O)CC1CC1)C1CC1. The van der Waals surface area contributed by atoms with Gasteiger partial charge in [0, 0.05) is 74.9 Å². The van der Waals surface area contributed by atoms with E-state index in [4.69, 9.17) is 95.0 Å². The van der Waals surface area contributed by atoms with Crippen molar-refractivity contribution in [3.8, 4) is 17.1 Å². The lowest BCUT2D eigenvalue weighted by molar-refractivity contribution is -0.173. The second-order valence-electron chi connectivity index (χ2n) is 33.7. The average molecular weight is 1980 g/mol. The Hall–Kier alpha value is -10.9. The van der Waals surface area contributed by atoms with Gasteiger partial charge in [-0.15, -0.1) is 0 Å². The summed E-state index contributed by atoms with van der Waals surface area (Å²) in [5.74, 6) is -9.00. The molecule has 4 atom stereocenters. The van der Waals surface area contributed by atoms with E-state index in [1.54, 1.807) is 57.5 Å². The van der Waals surface area contributed by atoms with E-state index < -0.39 is 127 Å². The third kappa shape index (κ3) is 35.3. The van der Waals surface area contributed by atoms with E-state index in [-0.39, 0.29) is 157 Å². The number of nitrogens with zero attached hydrogens (tertiary/aromatic N) is 3. The normalized spacial score (nSPS) is 16.0. The molecule has 11 rings (SSSR count). The maximum Gasteiger partial charge on any atom is 0.343 e. The van der Waals surface area contributed by atoms with E-state index >= 15 is 4.39 Å². The molecule has 5 heterocycles. The number of imide groups is 1. The number of benzene rings is 3. The van der Waals surface area contributed by atoms with E-state index in [0.29, 0.717) is 221 Å². The average Bonchev–Trinajstić information content (AvgIpc) is 1.56. The molecule has 0 bridgehead atoms. The summed E-state index contributed by atoms with van der Waals surface area (Å²) in [5.41, 5.74) is 1.18. The number of pyridine rings is 2. The Labute approximate surface area is 815 Å². The quantitative estimate of drug-likeness (QED) is 0.0112. The molecule has 43 nitrogen and oxygen atoms in total. The largest absolute Gasteiger partial charge is 0.492 e. The number of ether oxygens (including phenoxy) is 19. The van der Waals surface area contributed by atoms with Crippen LogP contribution in [0.5, 0.6) is 5.75 Å². The summed E-state index contributed by atoms with van der Waals surface area (Å²) in [5, 5.41) is 33.9. The number of fused-ring (bicyclic) bond motifs is 5. The molecular weight excluding hydrogens is 1850 g/mol. The van der Waals surface area contributed by atoms with Gasteiger partial charge in [0.15, 0.2) is 5.60 Å². The maximum atomic E-state index is 15.8. The van der Waals surface area contributed by atoms with Crippen LogP contribution in [0.3, 0.4) is 0 Å². The molecule has 0 saturated heterocycles. The Bertz CT molecular complexity index is 4940. The highest BCUT2D eigenvalue weighted by Crippen LogP contribution is 2.49. The molecule has 6 aliphatic rings. The molecule has 44 heteroatoms. The summed E-state index contributed by atoms with van der Waals surface area (Å²) < 4.78 is 122. The molecule has 3 aliphatic carbocycles. The number of carbonyl (C=O) groups is 11. The third-order valence-corrected chi connectivity index (χ3v) is 23.4. The summed E-state index contributed by atoms with van der Waals surface area (Å²) in [6.07, 6.45) is 4.40. The van der Waals surface area contributed by atoms with Crippen LogP contribution in [0.25, 0.3) is 22.3 Å². The third-order valence-electron chi connectivity index (χ3n) is 23.4. The number of esters is 1. The molecule has 774 valence electrons. The number of nitrogens with one attached hydrogen (secondary N) is 8. The van der Waals surface area contributed by atoms with E-state index in [0.717, 1.165) is 29.9 Å². The van der Waals surface area contributed by atoms with E-state index in [1.165, 1.54) is 22.8 Å². The fourth-order valence-electron chi connectivity index (χ4n) is 15.8. The molecule has 0 radical (unpaired) electrons. The number of anilines is 1. The molecule has 2 saturated carbocycles. The van der Waals surface area contributed by atoms with Crippen LogP contribution in [0.2, 0.25) is 0 Å². The lowest BCUT2D eigenvalue weighted by atomic mass is 9.81. The lowest BCUT2D eigenvalue weighted by Crippen LogP contribution is -2.52. The van der Waals surface area contributed by atoms with Crippen molar-refractivity contribution >= 4 is 81.6 Å². The summed E-state index contributed by atoms with van der Waals surface area (Å²) in [6, 6.07) is 12.1. The van der Waals surface area contributed by atoms with Gasteiger partial charge < -0.3 is 142 Å². The van der Waals surface area contributed by atoms with Crippen molar-refractivity contribution < 1.29 is 152 Å². The first kappa shape index (κ1) is 111. The number of aliphatic hydroxyl groups is 1. The standard InChI is InChI=1S/C97H132FN11O32/c1-64-69-15-16-76(87-72-61-108-79(88(72)106-77(86(69)87)56-75(64)98)55-74-73(95(108)120)62-140-96(121)97(74,122)57-66-11-12-66)107-94(119)89(67-13-14-67)141-63-104-82(112)59-103-93(118)78(52-65-8-5-4-6-9-65)105-83(113)60-102-81(111)58-101-80(110)10-7-21-139-90-70(91(116)99-19-22-125-28-30-129-36-38-133-44-46-137-50-48-135-42-40-131-34-32-127-26-24-123-2)53-68(109-84(114)17-18-85(109)115)54-71(90)92(117)100-20-23-126-29-31-130-37-39-134-45-47-138-51-49-136-43-41-132-35-33-128-27-25-124-3/h4-6,8-9,17-18,53-56,66-67,76,78,89,122H,7,10-16,19-52,57-63H2,1-3H3,(H,99,116)(H,100,117)(H,101,110)(H,102,111)(H,103,118)(H,104,112)(H,105,113)(H,107,119)/t76-,78-,89+,97-/m0/s1. The molecule has 3 aliphatic heterocycles. The van der Waals surface area contributed by atoms with E-state index in [2.05, 4.69) is 42.5 Å². The molecule has 2 aromatic heterocycles. The predicted octanol–water partition coefficient (Wildman–Crippen LogP) is 1.24. The zero-order chi connectivity index (χ0) is 99.9. The summed E-state index contributed by atoms with van der Waals surface area (Å²) >= 11 is 0. The van der Waals surface area contributed by atoms with Crippen molar-refractivity contribution in [3.05, 3.63) is 133 Å². The van der Waals surface area contributed by atoms with Gasteiger partial charge in [-0.3, -0.25) is 52.7 Å². The Balaban J connectivity index is 0.615. The van der Waals surface area contributed by atoms with Crippen LogP contribution < -0.4 is 57.7 Å². The predicted molar refractivity (Wildman–Crippen MR) is 500 cm³/mol. The number of aromatic nitrogens is 2. The van der Waals surface area contributed by atoms with E-state index in [9.17, 15) is 62.6 Å². The molecule has 0 unspecified atom stereocenters. The summed E-state index contributed by atoms with van der Waals surface area (Å²) in [7, 11) is 3.22. The van der Waals surface area contributed by atoms with Crippen molar-refractivity contribution in [2.45, 2.75) is 108 Å². The number of halogens is 1. The van der Waals surface area contributed by atoms with Crippen molar-refractivity contribution in [1.29, 1.82) is 0 Å². The highest BCUT2D eigenvalue weighted by atomic mass is 19.1. The number of hydrogen-bond donors (Lipinski definition) is 9. The van der Waals surface area contributed by atoms with Crippen LogP contribution in [0.4, 0.5) is 10.1 Å². The fourth-order valence-corrected chi connectivity index (χ4v) is 15.8. The van der Waals surface area contributed by atoms with Crippen molar-refractivity contribution in [3.63, 3.8) is 0 Å². The first-order chi connectivity index (χ1) is 68.6. The van der Waals surface area contributed by atoms with Crippen LogP contribution in [-0.4, -0.2) is 350 Å². The second kappa shape index (κ2) is 59.9. The minimum absolute atomic E-state index is 0.00371. The first-order valence-electron chi connectivity index (χ1n) is 47.8. The summed E-state index contributed by atoms with van der Waals surface area (Å²) in [4.78, 5) is 170. The monoisotopic (exact) mass is 1980 g/mol. The van der Waals surface area contributed by atoms with Crippen molar-refractivity contribution in [2.75, 3.05) is 263 Å². The zero-order valence-electron chi connectivity index (χ0n) is 80.2. The minimum Gasteiger partial charge on any atom is -0.492 e. The Kier molecular flexibility index (Phi) is 47.0. The maximum absolute atomic E-state index is 15.8. The van der Waals surface area contributed by atoms with E-state index in [1.807, 2.05) is 0 Å². The fraction of sp³-hybridized carbons (Fsp3) is 0.598. The number of hydrogen-bond acceptors (Lipinski definition) is 33.